The van der Waals surface area contributed by atoms with Crippen molar-refractivity contribution < 1.29 is 23.2 Å². The van der Waals surface area contributed by atoms with Gasteiger partial charge in [-0.3, -0.25) is 9.69 Å². The van der Waals surface area contributed by atoms with Crippen LogP contribution in [-0.4, -0.2) is 34.1 Å². The van der Waals surface area contributed by atoms with Crippen LogP contribution < -0.4 is 10.1 Å². The third kappa shape index (κ3) is 3.10. The Hall–Kier alpha value is -4.14. The fourth-order valence-electron chi connectivity index (χ4n) is 3.65. The molecular formula is C22H18N4O5. The van der Waals surface area contributed by atoms with E-state index in [1.807, 2.05) is 36.4 Å². The highest BCUT2D eigenvalue weighted by molar-refractivity contribution is 6.07. The zero-order chi connectivity index (χ0) is 21.6. The maximum absolute atomic E-state index is 13.2. The van der Waals surface area contributed by atoms with Crippen molar-refractivity contribution in [1.82, 2.24) is 20.4 Å². The van der Waals surface area contributed by atoms with Gasteiger partial charge in [0.15, 0.2) is 5.76 Å². The molecule has 4 aromatic rings. The van der Waals surface area contributed by atoms with E-state index in [1.165, 1.54) is 6.26 Å². The normalized spacial score (nSPS) is 18.6. The number of methoxy groups -OCH3 is 1. The molecule has 9 nitrogen and oxygen atoms in total. The molecule has 1 N–H and O–H groups in total. The molecule has 0 spiro atoms. The molecule has 31 heavy (non-hydrogen) atoms. The maximum Gasteiger partial charge on any atom is 0.325 e. The number of aromatic nitrogens is 2. The van der Waals surface area contributed by atoms with Crippen LogP contribution in [-0.2, 0) is 16.9 Å². The molecule has 156 valence electrons. The van der Waals surface area contributed by atoms with Gasteiger partial charge < -0.3 is 18.9 Å². The Labute approximate surface area is 176 Å². The molecule has 2 aromatic heterocycles. The average molecular weight is 418 g/mol. The molecule has 0 radical (unpaired) electrons. The summed E-state index contributed by atoms with van der Waals surface area (Å²) in [6.07, 6.45) is 1.49. The van der Waals surface area contributed by atoms with Gasteiger partial charge in [0.25, 0.3) is 11.8 Å². The first-order valence-electron chi connectivity index (χ1n) is 9.56. The highest BCUT2D eigenvalue weighted by atomic mass is 16.5. The van der Waals surface area contributed by atoms with Crippen LogP contribution in [0.5, 0.6) is 5.75 Å². The number of carbonyl (C=O) groups excluding carboxylic acids is 2. The summed E-state index contributed by atoms with van der Waals surface area (Å²) in [5, 5.41) is 12.5. The number of urea groups is 1. The van der Waals surface area contributed by atoms with E-state index >= 15 is 0 Å². The van der Waals surface area contributed by atoms with Crippen LogP contribution in [0, 0.1) is 0 Å². The van der Waals surface area contributed by atoms with Crippen LogP contribution in [0.4, 0.5) is 4.79 Å². The largest absolute Gasteiger partial charge is 0.497 e. The smallest absolute Gasteiger partial charge is 0.325 e. The monoisotopic (exact) mass is 418 g/mol. The van der Waals surface area contributed by atoms with Gasteiger partial charge >= 0.3 is 6.03 Å². The van der Waals surface area contributed by atoms with E-state index in [2.05, 4.69) is 15.5 Å². The number of fused-ring (bicyclic) bond motifs is 1. The molecule has 1 aliphatic heterocycles. The predicted octanol–water partition coefficient (Wildman–Crippen LogP) is 3.46. The topological polar surface area (TPSA) is 111 Å². The quantitative estimate of drug-likeness (QED) is 0.494. The molecule has 3 heterocycles. The molecule has 1 fully saturated rings. The maximum atomic E-state index is 13.2. The van der Waals surface area contributed by atoms with Gasteiger partial charge in [-0.15, -0.1) is 10.2 Å². The van der Waals surface area contributed by atoms with Crippen molar-refractivity contribution in [1.29, 1.82) is 0 Å². The zero-order valence-corrected chi connectivity index (χ0v) is 16.8. The number of furan rings is 1. The third-order valence-electron chi connectivity index (χ3n) is 5.39. The van der Waals surface area contributed by atoms with E-state index in [9.17, 15) is 9.59 Å². The molecule has 9 heteroatoms. The molecular weight excluding hydrogens is 400 g/mol. The van der Waals surface area contributed by atoms with E-state index in [4.69, 9.17) is 13.6 Å². The number of carbonyl (C=O) groups is 2. The van der Waals surface area contributed by atoms with Gasteiger partial charge in [0, 0.05) is 0 Å². The van der Waals surface area contributed by atoms with Crippen LogP contribution >= 0.6 is 0 Å². The zero-order valence-electron chi connectivity index (χ0n) is 16.8. The van der Waals surface area contributed by atoms with Crippen molar-refractivity contribution in [3.63, 3.8) is 0 Å². The Morgan fingerprint density at radius 2 is 1.90 bits per heavy atom. The molecule has 1 aliphatic rings. The van der Waals surface area contributed by atoms with Gasteiger partial charge in [0.2, 0.25) is 5.89 Å². The number of hydrogen-bond acceptors (Lipinski definition) is 7. The fraction of sp³-hybridized carbons (Fsp3) is 0.182. The van der Waals surface area contributed by atoms with Crippen molar-refractivity contribution in [2.75, 3.05) is 7.11 Å². The summed E-state index contributed by atoms with van der Waals surface area (Å²) in [7, 11) is 1.61. The van der Waals surface area contributed by atoms with Gasteiger partial charge in [-0.05, 0) is 53.6 Å². The fourth-order valence-corrected chi connectivity index (χ4v) is 3.65. The molecule has 0 unspecified atom stereocenters. The van der Waals surface area contributed by atoms with E-state index in [0.717, 1.165) is 21.4 Å². The van der Waals surface area contributed by atoms with Crippen molar-refractivity contribution >= 4 is 22.7 Å². The SMILES string of the molecule is COc1ccc2cc([C@]3(C)NC(=O)N(Cc4nnc(-c5ccco5)o4)C3=O)ccc2c1. The van der Waals surface area contributed by atoms with Crippen molar-refractivity contribution in [2.45, 2.75) is 19.0 Å². The second-order valence-electron chi connectivity index (χ2n) is 7.35. The first-order valence-corrected chi connectivity index (χ1v) is 9.56. The number of benzene rings is 2. The molecule has 2 aromatic carbocycles. The highest BCUT2D eigenvalue weighted by Crippen LogP contribution is 2.32. The Kier molecular flexibility index (Phi) is 4.25. The summed E-state index contributed by atoms with van der Waals surface area (Å²) >= 11 is 0. The number of hydrogen-bond donors (Lipinski definition) is 1. The minimum atomic E-state index is -1.21. The number of amides is 3. The summed E-state index contributed by atoms with van der Waals surface area (Å²) in [6.45, 7) is 1.54. The average Bonchev–Trinajstić information content (AvgIpc) is 3.51. The lowest BCUT2D eigenvalue weighted by atomic mass is 9.90. The van der Waals surface area contributed by atoms with E-state index in [0.29, 0.717) is 11.3 Å². The highest BCUT2D eigenvalue weighted by Gasteiger charge is 2.49. The summed E-state index contributed by atoms with van der Waals surface area (Å²) in [4.78, 5) is 26.9. The molecule has 1 saturated heterocycles. The number of nitrogens with zero attached hydrogens (tertiary/aromatic N) is 3. The molecule has 0 aliphatic carbocycles. The minimum absolute atomic E-state index is 0.129. The van der Waals surface area contributed by atoms with E-state index < -0.39 is 17.5 Å². The number of imide groups is 1. The first-order chi connectivity index (χ1) is 15.0. The van der Waals surface area contributed by atoms with E-state index in [-0.39, 0.29) is 18.3 Å². The summed E-state index contributed by atoms with van der Waals surface area (Å²) in [6, 6.07) is 14.1. The number of rotatable bonds is 5. The van der Waals surface area contributed by atoms with Gasteiger partial charge in [0.1, 0.15) is 17.8 Å². The molecule has 0 bridgehead atoms. The summed E-state index contributed by atoms with van der Waals surface area (Å²) < 4.78 is 16.0. The summed E-state index contributed by atoms with van der Waals surface area (Å²) in [5.74, 6) is 1.07. The van der Waals surface area contributed by atoms with Crippen LogP contribution in [0.25, 0.3) is 22.4 Å². The van der Waals surface area contributed by atoms with Gasteiger partial charge in [-0.1, -0.05) is 18.2 Å². The third-order valence-corrected chi connectivity index (χ3v) is 5.39. The predicted molar refractivity (Wildman–Crippen MR) is 109 cm³/mol. The van der Waals surface area contributed by atoms with Crippen LogP contribution in [0.1, 0.15) is 18.4 Å². The van der Waals surface area contributed by atoms with Crippen molar-refractivity contribution in [3.05, 3.63) is 66.2 Å². The Balaban J connectivity index is 1.42. The van der Waals surface area contributed by atoms with E-state index in [1.54, 1.807) is 26.2 Å². The lowest BCUT2D eigenvalue weighted by Gasteiger charge is -2.22. The number of ether oxygens (including phenoxy) is 1. The number of nitrogens with one attached hydrogen (secondary N) is 1. The van der Waals surface area contributed by atoms with Crippen molar-refractivity contribution in [3.8, 4) is 17.4 Å². The van der Waals surface area contributed by atoms with Gasteiger partial charge in [-0.25, -0.2) is 4.79 Å². The Morgan fingerprint density at radius 3 is 2.68 bits per heavy atom. The lowest BCUT2D eigenvalue weighted by Crippen LogP contribution is -2.40. The van der Waals surface area contributed by atoms with Crippen LogP contribution in [0.15, 0.2) is 63.6 Å². The molecule has 5 rings (SSSR count). The second kappa shape index (κ2) is 6.98. The Morgan fingerprint density at radius 1 is 1.10 bits per heavy atom. The van der Waals surface area contributed by atoms with Gasteiger partial charge in [-0.2, -0.15) is 0 Å². The van der Waals surface area contributed by atoms with Crippen LogP contribution in [0.3, 0.4) is 0 Å². The Bertz CT molecular complexity index is 1300. The summed E-state index contributed by atoms with van der Waals surface area (Å²) in [5.41, 5.74) is -0.539. The lowest BCUT2D eigenvalue weighted by molar-refractivity contribution is -0.131. The first kappa shape index (κ1) is 18.9. The van der Waals surface area contributed by atoms with Crippen molar-refractivity contribution in [2.24, 2.45) is 0 Å². The minimum Gasteiger partial charge on any atom is -0.497 e. The second-order valence-corrected chi connectivity index (χ2v) is 7.35. The molecule has 0 saturated carbocycles. The van der Waals surface area contributed by atoms with Crippen LogP contribution in [0.2, 0.25) is 0 Å². The standard InChI is InChI=1S/C22H18N4O5/c1-22(15-7-5-14-11-16(29-2)8-6-13(14)10-15)20(27)26(21(28)23-22)12-18-24-25-19(31-18)17-4-3-9-30-17/h3-11H,12H2,1-2H3,(H,23,28)/t22-/m0/s1. The molecule has 3 amide bonds. The van der Waals surface area contributed by atoms with Gasteiger partial charge in [0.05, 0.1) is 13.4 Å². The molecule has 1 atom stereocenters.